The standard InChI is InChI=1S/C19H16N4O4S/c1-25-13-6-7-14(26-2)17-16(13)22-19(28-17)23(11-12-5-3-4-9-20-12)18(24)15-8-10-21-27-15/h3-10H,11H2,1-2H3. The Labute approximate surface area is 164 Å². The van der Waals surface area contributed by atoms with E-state index in [0.29, 0.717) is 27.8 Å². The first-order valence-corrected chi connectivity index (χ1v) is 9.17. The fourth-order valence-corrected chi connectivity index (χ4v) is 3.80. The summed E-state index contributed by atoms with van der Waals surface area (Å²) in [6, 6.07) is 10.6. The number of rotatable bonds is 6. The van der Waals surface area contributed by atoms with E-state index < -0.39 is 0 Å². The van der Waals surface area contributed by atoms with E-state index in [1.165, 1.54) is 28.5 Å². The number of thiazole rings is 1. The Morgan fingerprint density at radius 2 is 1.93 bits per heavy atom. The minimum Gasteiger partial charge on any atom is -0.495 e. The summed E-state index contributed by atoms with van der Waals surface area (Å²) >= 11 is 1.33. The molecule has 0 N–H and O–H groups in total. The van der Waals surface area contributed by atoms with E-state index >= 15 is 0 Å². The van der Waals surface area contributed by atoms with Gasteiger partial charge >= 0.3 is 0 Å². The van der Waals surface area contributed by atoms with Gasteiger partial charge in [-0.2, -0.15) is 0 Å². The lowest BCUT2D eigenvalue weighted by atomic mass is 10.3. The van der Waals surface area contributed by atoms with Crippen LogP contribution < -0.4 is 14.4 Å². The Hall–Kier alpha value is -3.46. The van der Waals surface area contributed by atoms with Crippen LogP contribution in [0.5, 0.6) is 11.5 Å². The Morgan fingerprint density at radius 1 is 1.11 bits per heavy atom. The van der Waals surface area contributed by atoms with Crippen LogP contribution >= 0.6 is 11.3 Å². The zero-order chi connectivity index (χ0) is 19.5. The lowest BCUT2D eigenvalue weighted by Crippen LogP contribution is -2.30. The van der Waals surface area contributed by atoms with Crippen LogP contribution in [0.1, 0.15) is 16.2 Å². The van der Waals surface area contributed by atoms with Gasteiger partial charge in [-0.3, -0.25) is 14.7 Å². The van der Waals surface area contributed by atoms with Crippen LogP contribution in [0, 0.1) is 0 Å². The molecule has 0 saturated carbocycles. The predicted octanol–water partition coefficient (Wildman–Crippen LogP) is 3.54. The molecule has 0 bridgehead atoms. The topological polar surface area (TPSA) is 90.6 Å². The molecule has 1 amide bonds. The van der Waals surface area contributed by atoms with Crippen LogP contribution in [-0.2, 0) is 6.54 Å². The number of aromatic nitrogens is 3. The smallest absolute Gasteiger partial charge is 0.299 e. The lowest BCUT2D eigenvalue weighted by molar-refractivity contribution is 0.0949. The number of anilines is 1. The predicted molar refractivity (Wildman–Crippen MR) is 104 cm³/mol. The molecule has 4 aromatic rings. The van der Waals surface area contributed by atoms with Gasteiger partial charge in [0.05, 0.1) is 32.7 Å². The third-order valence-electron chi connectivity index (χ3n) is 4.07. The molecule has 4 rings (SSSR count). The number of methoxy groups -OCH3 is 2. The lowest BCUT2D eigenvalue weighted by Gasteiger charge is -2.17. The van der Waals surface area contributed by atoms with Gasteiger partial charge in [-0.1, -0.05) is 22.6 Å². The molecule has 0 unspecified atom stereocenters. The van der Waals surface area contributed by atoms with Crippen LogP contribution in [0.4, 0.5) is 5.13 Å². The van der Waals surface area contributed by atoms with Crippen molar-refractivity contribution in [1.29, 1.82) is 0 Å². The molecule has 0 radical (unpaired) electrons. The van der Waals surface area contributed by atoms with Crippen LogP contribution in [0.25, 0.3) is 10.2 Å². The summed E-state index contributed by atoms with van der Waals surface area (Å²) in [5.74, 6) is 1.02. The van der Waals surface area contributed by atoms with E-state index in [1.807, 2.05) is 24.3 Å². The molecule has 0 aliphatic rings. The van der Waals surface area contributed by atoms with E-state index in [1.54, 1.807) is 26.5 Å². The molecule has 142 valence electrons. The number of amides is 1. The number of carbonyl (C=O) groups excluding carboxylic acids is 1. The van der Waals surface area contributed by atoms with Gasteiger partial charge in [0.15, 0.2) is 5.13 Å². The van der Waals surface area contributed by atoms with Crippen molar-refractivity contribution in [2.24, 2.45) is 0 Å². The molecule has 0 spiro atoms. The second-order valence-corrected chi connectivity index (χ2v) is 6.71. The Bertz CT molecular complexity index is 1060. The van der Waals surface area contributed by atoms with Gasteiger partial charge in [-0.15, -0.1) is 0 Å². The van der Waals surface area contributed by atoms with Crippen LogP contribution in [0.3, 0.4) is 0 Å². The molecule has 8 nitrogen and oxygen atoms in total. The molecule has 0 aliphatic carbocycles. The summed E-state index contributed by atoms with van der Waals surface area (Å²) in [6.07, 6.45) is 3.10. The number of ether oxygens (including phenoxy) is 2. The number of benzene rings is 1. The maximum Gasteiger partial charge on any atom is 0.299 e. The molecule has 0 aliphatic heterocycles. The summed E-state index contributed by atoms with van der Waals surface area (Å²) in [5, 5.41) is 4.11. The van der Waals surface area contributed by atoms with Crippen molar-refractivity contribution < 1.29 is 18.8 Å². The Morgan fingerprint density at radius 3 is 2.61 bits per heavy atom. The van der Waals surface area contributed by atoms with E-state index in [0.717, 1.165) is 4.70 Å². The highest BCUT2D eigenvalue weighted by atomic mass is 32.1. The normalized spacial score (nSPS) is 10.8. The number of hydrogen-bond acceptors (Lipinski definition) is 8. The molecule has 1 aromatic carbocycles. The Balaban J connectivity index is 1.83. The summed E-state index contributed by atoms with van der Waals surface area (Å²) in [5.41, 5.74) is 1.34. The van der Waals surface area contributed by atoms with Gasteiger partial charge < -0.3 is 14.0 Å². The van der Waals surface area contributed by atoms with Crippen molar-refractivity contribution in [3.63, 3.8) is 0 Å². The maximum atomic E-state index is 13.1. The second-order valence-electron chi connectivity index (χ2n) is 5.73. The van der Waals surface area contributed by atoms with Gasteiger partial charge in [0.1, 0.15) is 21.7 Å². The first kappa shape index (κ1) is 17.9. The molecule has 0 saturated heterocycles. The first-order chi connectivity index (χ1) is 13.7. The van der Waals surface area contributed by atoms with Crippen molar-refractivity contribution in [3.8, 4) is 11.5 Å². The minimum atomic E-state index is -0.361. The van der Waals surface area contributed by atoms with Crippen molar-refractivity contribution in [3.05, 3.63) is 60.2 Å². The van der Waals surface area contributed by atoms with Gasteiger partial charge in [0, 0.05) is 12.3 Å². The van der Waals surface area contributed by atoms with Gasteiger partial charge in [-0.25, -0.2) is 4.98 Å². The summed E-state index contributed by atoms with van der Waals surface area (Å²) in [6.45, 7) is 0.227. The fraction of sp³-hybridized carbons (Fsp3) is 0.158. The monoisotopic (exact) mass is 396 g/mol. The highest BCUT2D eigenvalue weighted by Gasteiger charge is 2.26. The van der Waals surface area contributed by atoms with Crippen molar-refractivity contribution in [2.45, 2.75) is 6.54 Å². The highest BCUT2D eigenvalue weighted by molar-refractivity contribution is 7.22. The van der Waals surface area contributed by atoms with Crippen LogP contribution in [0.15, 0.2) is 53.3 Å². The van der Waals surface area contributed by atoms with Gasteiger partial charge in [0.2, 0.25) is 5.76 Å². The summed E-state index contributed by atoms with van der Waals surface area (Å²) < 4.78 is 16.7. The third-order valence-corrected chi connectivity index (χ3v) is 5.16. The van der Waals surface area contributed by atoms with Crippen LogP contribution in [-0.4, -0.2) is 35.3 Å². The van der Waals surface area contributed by atoms with E-state index in [9.17, 15) is 4.79 Å². The first-order valence-electron chi connectivity index (χ1n) is 8.35. The maximum absolute atomic E-state index is 13.1. The van der Waals surface area contributed by atoms with E-state index in [2.05, 4.69) is 15.1 Å². The zero-order valence-corrected chi connectivity index (χ0v) is 16.0. The van der Waals surface area contributed by atoms with Crippen molar-refractivity contribution >= 4 is 32.6 Å². The number of carbonyl (C=O) groups is 1. The summed E-state index contributed by atoms with van der Waals surface area (Å²) in [7, 11) is 3.16. The van der Waals surface area contributed by atoms with Gasteiger partial charge in [-0.05, 0) is 24.3 Å². The van der Waals surface area contributed by atoms with Crippen molar-refractivity contribution in [1.82, 2.24) is 15.1 Å². The van der Waals surface area contributed by atoms with E-state index in [4.69, 9.17) is 14.0 Å². The second kappa shape index (κ2) is 7.65. The molecular formula is C19H16N4O4S. The average molecular weight is 396 g/mol. The van der Waals surface area contributed by atoms with Crippen LogP contribution in [0.2, 0.25) is 0 Å². The van der Waals surface area contributed by atoms with Crippen molar-refractivity contribution in [2.75, 3.05) is 19.1 Å². The number of pyridine rings is 1. The largest absolute Gasteiger partial charge is 0.495 e. The SMILES string of the molecule is COc1ccc(OC)c2sc(N(Cc3ccccn3)C(=O)c3ccno3)nc12. The molecule has 28 heavy (non-hydrogen) atoms. The fourth-order valence-electron chi connectivity index (χ4n) is 2.73. The molecule has 9 heteroatoms. The Kier molecular flexibility index (Phi) is 4.90. The number of nitrogens with zero attached hydrogens (tertiary/aromatic N) is 4. The highest BCUT2D eigenvalue weighted by Crippen LogP contribution is 2.40. The third kappa shape index (κ3) is 3.27. The molecular weight excluding hydrogens is 380 g/mol. The quantitative estimate of drug-likeness (QED) is 0.492. The number of fused-ring (bicyclic) bond motifs is 1. The van der Waals surface area contributed by atoms with Gasteiger partial charge in [0.25, 0.3) is 5.91 Å². The minimum absolute atomic E-state index is 0.120. The average Bonchev–Trinajstić information content (AvgIpc) is 3.41. The van der Waals surface area contributed by atoms with E-state index in [-0.39, 0.29) is 18.2 Å². The summed E-state index contributed by atoms with van der Waals surface area (Å²) in [4.78, 5) is 23.5. The number of hydrogen-bond donors (Lipinski definition) is 0. The zero-order valence-electron chi connectivity index (χ0n) is 15.2. The molecule has 0 fully saturated rings. The molecule has 3 heterocycles. The molecule has 0 atom stereocenters. The molecule has 3 aromatic heterocycles.